The van der Waals surface area contributed by atoms with Crippen LogP contribution in [0.15, 0.2) is 18.2 Å². The van der Waals surface area contributed by atoms with E-state index in [4.69, 9.17) is 19.9 Å². The predicted molar refractivity (Wildman–Crippen MR) is 92.9 cm³/mol. The second-order valence-corrected chi connectivity index (χ2v) is 5.93. The maximum absolute atomic E-state index is 12.2. The van der Waals surface area contributed by atoms with Gasteiger partial charge in [0.25, 0.3) is 5.91 Å². The van der Waals surface area contributed by atoms with E-state index >= 15 is 0 Å². The summed E-state index contributed by atoms with van der Waals surface area (Å²) in [4.78, 5) is 37.0. The molecule has 0 bridgehead atoms. The Morgan fingerprint density at radius 2 is 1.88 bits per heavy atom. The number of amides is 2. The molecule has 1 fully saturated rings. The minimum Gasteiger partial charge on any atom is -0.493 e. The SMILES string of the molecule is CCOc1ccc(C(=O)OCC(=O)N2CCC(C(N)=O)CC2)cc1OC. The monoisotopic (exact) mass is 364 g/mol. The number of rotatable bonds is 7. The van der Waals surface area contributed by atoms with Gasteiger partial charge in [0, 0.05) is 19.0 Å². The number of benzene rings is 1. The smallest absolute Gasteiger partial charge is 0.338 e. The molecule has 2 amide bonds. The molecule has 26 heavy (non-hydrogen) atoms. The zero-order chi connectivity index (χ0) is 19.1. The first-order chi connectivity index (χ1) is 12.5. The van der Waals surface area contributed by atoms with Crippen molar-refractivity contribution >= 4 is 17.8 Å². The molecule has 1 aliphatic rings. The van der Waals surface area contributed by atoms with Crippen molar-refractivity contribution in [2.24, 2.45) is 11.7 Å². The molecule has 1 aromatic rings. The van der Waals surface area contributed by atoms with Gasteiger partial charge in [-0.2, -0.15) is 0 Å². The summed E-state index contributed by atoms with van der Waals surface area (Å²) in [6.45, 7) is 2.83. The average Bonchev–Trinajstić information content (AvgIpc) is 2.66. The number of primary amides is 1. The van der Waals surface area contributed by atoms with Crippen LogP contribution in [0.4, 0.5) is 0 Å². The summed E-state index contributed by atoms with van der Waals surface area (Å²) in [6, 6.07) is 4.68. The number of methoxy groups -OCH3 is 1. The number of nitrogens with zero attached hydrogens (tertiary/aromatic N) is 1. The fourth-order valence-corrected chi connectivity index (χ4v) is 2.78. The molecule has 1 aliphatic heterocycles. The largest absolute Gasteiger partial charge is 0.493 e. The second kappa shape index (κ2) is 9.07. The van der Waals surface area contributed by atoms with Gasteiger partial charge in [0.1, 0.15) is 0 Å². The van der Waals surface area contributed by atoms with Crippen molar-refractivity contribution in [1.82, 2.24) is 4.90 Å². The Hall–Kier alpha value is -2.77. The molecule has 0 saturated carbocycles. The van der Waals surface area contributed by atoms with Gasteiger partial charge in [0.2, 0.25) is 5.91 Å². The lowest BCUT2D eigenvalue weighted by Gasteiger charge is -2.30. The van der Waals surface area contributed by atoms with Gasteiger partial charge in [-0.1, -0.05) is 0 Å². The highest BCUT2D eigenvalue weighted by Gasteiger charge is 2.26. The summed E-state index contributed by atoms with van der Waals surface area (Å²) in [5.41, 5.74) is 5.54. The third-order valence-corrected chi connectivity index (χ3v) is 4.28. The lowest BCUT2D eigenvalue weighted by molar-refractivity contribution is -0.137. The first kappa shape index (κ1) is 19.6. The molecule has 1 saturated heterocycles. The number of piperidine rings is 1. The maximum atomic E-state index is 12.2. The van der Waals surface area contributed by atoms with E-state index in [1.54, 1.807) is 17.0 Å². The van der Waals surface area contributed by atoms with Crippen molar-refractivity contribution in [1.29, 1.82) is 0 Å². The molecule has 0 spiro atoms. The first-order valence-electron chi connectivity index (χ1n) is 8.51. The van der Waals surface area contributed by atoms with E-state index in [0.29, 0.717) is 44.0 Å². The van der Waals surface area contributed by atoms with Crippen LogP contribution in [-0.4, -0.2) is 56.1 Å². The molecule has 8 nitrogen and oxygen atoms in total. The van der Waals surface area contributed by atoms with Crippen LogP contribution in [0, 0.1) is 5.92 Å². The number of hydrogen-bond acceptors (Lipinski definition) is 6. The Kier molecular flexibility index (Phi) is 6.82. The highest BCUT2D eigenvalue weighted by atomic mass is 16.5. The van der Waals surface area contributed by atoms with Crippen molar-refractivity contribution in [3.8, 4) is 11.5 Å². The van der Waals surface area contributed by atoms with Crippen molar-refractivity contribution in [2.75, 3.05) is 33.4 Å². The van der Waals surface area contributed by atoms with Gasteiger partial charge in [0.15, 0.2) is 18.1 Å². The lowest BCUT2D eigenvalue weighted by atomic mass is 9.96. The fraction of sp³-hybridized carbons (Fsp3) is 0.500. The standard InChI is InChI=1S/C18H24N2O6/c1-3-25-14-5-4-13(10-15(14)24-2)18(23)26-11-16(21)20-8-6-12(7-9-20)17(19)22/h4-5,10,12H,3,6-9,11H2,1-2H3,(H2,19,22). The van der Waals surface area contributed by atoms with Gasteiger partial charge in [-0.15, -0.1) is 0 Å². The van der Waals surface area contributed by atoms with E-state index in [9.17, 15) is 14.4 Å². The maximum Gasteiger partial charge on any atom is 0.338 e. The highest BCUT2D eigenvalue weighted by molar-refractivity contribution is 5.92. The molecule has 1 aromatic carbocycles. The Balaban J connectivity index is 1.88. The van der Waals surface area contributed by atoms with Gasteiger partial charge in [-0.25, -0.2) is 4.79 Å². The van der Waals surface area contributed by atoms with Gasteiger partial charge >= 0.3 is 5.97 Å². The third-order valence-electron chi connectivity index (χ3n) is 4.28. The number of likely N-dealkylation sites (tertiary alicyclic amines) is 1. The summed E-state index contributed by atoms with van der Waals surface area (Å²) in [7, 11) is 1.48. The zero-order valence-corrected chi connectivity index (χ0v) is 15.0. The Morgan fingerprint density at radius 1 is 1.19 bits per heavy atom. The molecular formula is C18H24N2O6. The second-order valence-electron chi connectivity index (χ2n) is 5.93. The molecule has 0 aromatic heterocycles. The fourth-order valence-electron chi connectivity index (χ4n) is 2.78. The highest BCUT2D eigenvalue weighted by Crippen LogP contribution is 2.28. The topological polar surface area (TPSA) is 108 Å². The quantitative estimate of drug-likeness (QED) is 0.723. The normalized spacial score (nSPS) is 14.6. The van der Waals surface area contributed by atoms with Crippen molar-refractivity contribution < 1.29 is 28.6 Å². The van der Waals surface area contributed by atoms with Crippen LogP contribution in [0.5, 0.6) is 11.5 Å². The van der Waals surface area contributed by atoms with Gasteiger partial charge in [-0.3, -0.25) is 9.59 Å². The van der Waals surface area contributed by atoms with E-state index < -0.39 is 5.97 Å². The number of nitrogens with two attached hydrogens (primary N) is 1. The molecule has 0 aliphatic carbocycles. The minimum atomic E-state index is -0.619. The summed E-state index contributed by atoms with van der Waals surface area (Å²) < 4.78 is 15.7. The summed E-state index contributed by atoms with van der Waals surface area (Å²) in [6.07, 6.45) is 1.07. The third kappa shape index (κ3) is 4.87. The van der Waals surface area contributed by atoms with Crippen LogP contribution in [0.2, 0.25) is 0 Å². The molecule has 2 N–H and O–H groups in total. The number of carbonyl (C=O) groups is 3. The van der Waals surface area contributed by atoms with Crippen LogP contribution in [0.1, 0.15) is 30.1 Å². The summed E-state index contributed by atoms with van der Waals surface area (Å²) in [5.74, 6) is -0.502. The first-order valence-corrected chi connectivity index (χ1v) is 8.51. The van der Waals surface area contributed by atoms with Crippen LogP contribution in [-0.2, 0) is 14.3 Å². The lowest BCUT2D eigenvalue weighted by Crippen LogP contribution is -2.43. The van der Waals surface area contributed by atoms with Crippen LogP contribution in [0.25, 0.3) is 0 Å². The van der Waals surface area contributed by atoms with E-state index in [1.807, 2.05) is 6.92 Å². The number of esters is 1. The Bertz CT molecular complexity index is 668. The summed E-state index contributed by atoms with van der Waals surface area (Å²) in [5, 5.41) is 0. The Labute approximate surface area is 152 Å². The van der Waals surface area contributed by atoms with Crippen molar-refractivity contribution in [2.45, 2.75) is 19.8 Å². The van der Waals surface area contributed by atoms with E-state index in [0.717, 1.165) is 0 Å². The molecule has 0 unspecified atom stereocenters. The van der Waals surface area contributed by atoms with Gasteiger partial charge in [0.05, 0.1) is 19.3 Å². The number of ether oxygens (including phenoxy) is 3. The van der Waals surface area contributed by atoms with Crippen LogP contribution >= 0.6 is 0 Å². The molecule has 0 atom stereocenters. The van der Waals surface area contributed by atoms with Crippen molar-refractivity contribution in [3.05, 3.63) is 23.8 Å². The van der Waals surface area contributed by atoms with Crippen LogP contribution < -0.4 is 15.2 Å². The van der Waals surface area contributed by atoms with E-state index in [-0.39, 0.29) is 29.9 Å². The number of carbonyl (C=O) groups excluding carboxylic acids is 3. The molecular weight excluding hydrogens is 340 g/mol. The molecule has 2 rings (SSSR count). The van der Waals surface area contributed by atoms with Crippen molar-refractivity contribution in [3.63, 3.8) is 0 Å². The predicted octanol–water partition coefficient (Wildman–Crippen LogP) is 0.975. The molecule has 1 heterocycles. The van der Waals surface area contributed by atoms with E-state index in [1.165, 1.54) is 13.2 Å². The molecule has 0 radical (unpaired) electrons. The molecule has 8 heteroatoms. The average molecular weight is 364 g/mol. The number of hydrogen-bond donors (Lipinski definition) is 1. The summed E-state index contributed by atoms with van der Waals surface area (Å²) >= 11 is 0. The van der Waals surface area contributed by atoms with E-state index in [2.05, 4.69) is 0 Å². The van der Waals surface area contributed by atoms with Gasteiger partial charge in [-0.05, 0) is 38.0 Å². The molecule has 142 valence electrons. The minimum absolute atomic E-state index is 0.196. The van der Waals surface area contributed by atoms with Crippen LogP contribution in [0.3, 0.4) is 0 Å². The zero-order valence-electron chi connectivity index (χ0n) is 15.0. The van der Waals surface area contributed by atoms with Gasteiger partial charge < -0.3 is 24.8 Å². The Morgan fingerprint density at radius 3 is 2.46 bits per heavy atom.